The number of pyridine rings is 1. The molecule has 1 N–H and O–H groups in total. The number of hydrogen-bond acceptors (Lipinski definition) is 1. The van der Waals surface area contributed by atoms with Gasteiger partial charge in [0.05, 0.1) is 0 Å². The van der Waals surface area contributed by atoms with Crippen molar-refractivity contribution in [2.75, 3.05) is 0 Å². The second-order valence-corrected chi connectivity index (χ2v) is 5.44. The topological polar surface area (TPSA) is 32.9 Å². The molecule has 0 radical (unpaired) electrons. The monoisotopic (exact) mass is 313 g/mol. The van der Waals surface area contributed by atoms with Crippen molar-refractivity contribution < 1.29 is 0 Å². The summed E-state index contributed by atoms with van der Waals surface area (Å²) in [4.78, 5) is 15.1. The molecule has 94 valence electrons. The zero-order chi connectivity index (χ0) is 13.4. The van der Waals surface area contributed by atoms with E-state index >= 15 is 0 Å². The second-order valence-electron chi connectivity index (χ2n) is 4.59. The fourth-order valence-corrected chi connectivity index (χ4v) is 2.92. The maximum Gasteiger partial charge on any atom is 0.256 e. The van der Waals surface area contributed by atoms with Gasteiger partial charge in [-0.3, -0.25) is 4.79 Å². The average molecular weight is 314 g/mol. The van der Waals surface area contributed by atoms with Crippen LogP contribution in [-0.2, 0) is 0 Å². The Hall–Kier alpha value is -1.87. The third kappa shape index (κ3) is 2.22. The molecule has 0 saturated carbocycles. The molecule has 0 fully saturated rings. The number of H-pyrrole nitrogens is 1. The first-order valence-corrected chi connectivity index (χ1v) is 6.83. The highest BCUT2D eigenvalue weighted by molar-refractivity contribution is 9.10. The number of aromatic nitrogens is 1. The van der Waals surface area contributed by atoms with Gasteiger partial charge in [-0.05, 0) is 36.2 Å². The van der Waals surface area contributed by atoms with Gasteiger partial charge in [-0.1, -0.05) is 46.3 Å². The van der Waals surface area contributed by atoms with E-state index in [2.05, 4.69) is 20.9 Å². The van der Waals surface area contributed by atoms with Crippen LogP contribution in [0.15, 0.2) is 57.8 Å². The number of aromatic amines is 1. The summed E-state index contributed by atoms with van der Waals surface area (Å²) in [6, 6.07) is 15.8. The van der Waals surface area contributed by atoms with E-state index in [1.807, 2.05) is 55.5 Å². The van der Waals surface area contributed by atoms with Gasteiger partial charge in [0.1, 0.15) is 0 Å². The van der Waals surface area contributed by atoms with Crippen LogP contribution in [-0.4, -0.2) is 4.98 Å². The number of hydrogen-bond donors (Lipinski definition) is 1. The maximum absolute atomic E-state index is 12.2. The van der Waals surface area contributed by atoms with Crippen molar-refractivity contribution in [2.45, 2.75) is 6.92 Å². The minimum Gasteiger partial charge on any atom is -0.321 e. The summed E-state index contributed by atoms with van der Waals surface area (Å²) < 4.78 is 0.950. The number of aryl methyl sites for hydroxylation is 1. The summed E-state index contributed by atoms with van der Waals surface area (Å²) >= 11 is 3.54. The summed E-state index contributed by atoms with van der Waals surface area (Å²) in [6.45, 7) is 1.98. The number of rotatable bonds is 1. The number of nitrogens with one attached hydrogen (secondary N) is 1. The smallest absolute Gasteiger partial charge is 0.256 e. The highest BCUT2D eigenvalue weighted by Crippen LogP contribution is 2.26. The highest BCUT2D eigenvalue weighted by Gasteiger charge is 2.07. The molecule has 0 aliphatic rings. The molecule has 0 saturated heterocycles. The number of benzene rings is 2. The van der Waals surface area contributed by atoms with Crippen molar-refractivity contribution in [3.8, 4) is 11.3 Å². The Kier molecular flexibility index (Phi) is 2.99. The lowest BCUT2D eigenvalue weighted by atomic mass is 10.1. The predicted molar refractivity (Wildman–Crippen MR) is 82.4 cm³/mol. The molecule has 1 aromatic heterocycles. The summed E-state index contributed by atoms with van der Waals surface area (Å²) in [6.07, 6.45) is 0. The lowest BCUT2D eigenvalue weighted by Gasteiger charge is -2.06. The number of fused-ring (bicyclic) bond motifs is 1. The first kappa shape index (κ1) is 12.2. The van der Waals surface area contributed by atoms with Gasteiger partial charge in [0.2, 0.25) is 0 Å². The molecule has 2 nitrogen and oxygen atoms in total. The molecule has 0 aliphatic heterocycles. The Bertz CT molecular complexity index is 806. The molecular weight excluding hydrogens is 302 g/mol. The lowest BCUT2D eigenvalue weighted by Crippen LogP contribution is -2.07. The molecule has 0 bridgehead atoms. The Morgan fingerprint density at radius 2 is 1.74 bits per heavy atom. The Labute approximate surface area is 119 Å². The van der Waals surface area contributed by atoms with Crippen molar-refractivity contribution >= 4 is 26.7 Å². The van der Waals surface area contributed by atoms with Crippen molar-refractivity contribution in [1.29, 1.82) is 0 Å². The molecule has 0 unspecified atom stereocenters. The van der Waals surface area contributed by atoms with Crippen LogP contribution in [0.5, 0.6) is 0 Å². The van der Waals surface area contributed by atoms with Crippen LogP contribution in [0, 0.1) is 6.92 Å². The van der Waals surface area contributed by atoms with E-state index in [1.165, 1.54) is 0 Å². The van der Waals surface area contributed by atoms with E-state index in [0.29, 0.717) is 5.39 Å². The second kappa shape index (κ2) is 4.67. The largest absolute Gasteiger partial charge is 0.321 e. The van der Waals surface area contributed by atoms with E-state index in [-0.39, 0.29) is 5.56 Å². The van der Waals surface area contributed by atoms with Crippen LogP contribution in [0.1, 0.15) is 5.56 Å². The van der Waals surface area contributed by atoms with Crippen molar-refractivity contribution in [1.82, 2.24) is 4.98 Å². The zero-order valence-electron chi connectivity index (χ0n) is 10.4. The van der Waals surface area contributed by atoms with Gasteiger partial charge in [-0.15, -0.1) is 0 Å². The Morgan fingerprint density at radius 1 is 1.00 bits per heavy atom. The van der Waals surface area contributed by atoms with Gasteiger partial charge in [0.25, 0.3) is 5.56 Å². The van der Waals surface area contributed by atoms with E-state index in [1.54, 1.807) is 0 Å². The molecule has 3 heteroatoms. The van der Waals surface area contributed by atoms with Crippen LogP contribution in [0.25, 0.3) is 22.0 Å². The molecule has 2 aromatic carbocycles. The predicted octanol–water partition coefficient (Wildman–Crippen LogP) is 4.27. The molecule has 0 atom stereocenters. The minimum atomic E-state index is -0.0549. The third-order valence-corrected chi connectivity index (χ3v) is 3.80. The highest BCUT2D eigenvalue weighted by atomic mass is 79.9. The van der Waals surface area contributed by atoms with Crippen LogP contribution in [0.4, 0.5) is 0 Å². The van der Waals surface area contributed by atoms with Gasteiger partial charge in [-0.2, -0.15) is 0 Å². The van der Waals surface area contributed by atoms with Gasteiger partial charge >= 0.3 is 0 Å². The Balaban J connectivity index is 2.34. The minimum absolute atomic E-state index is 0.0549. The normalized spacial score (nSPS) is 10.8. The van der Waals surface area contributed by atoms with E-state index in [0.717, 1.165) is 26.7 Å². The third-order valence-electron chi connectivity index (χ3n) is 3.14. The van der Waals surface area contributed by atoms with Crippen molar-refractivity contribution in [3.05, 3.63) is 68.9 Å². The van der Waals surface area contributed by atoms with Crippen LogP contribution >= 0.6 is 15.9 Å². The summed E-state index contributed by atoms with van der Waals surface area (Å²) in [5, 5.41) is 1.65. The van der Waals surface area contributed by atoms with Gasteiger partial charge in [0, 0.05) is 20.9 Å². The van der Waals surface area contributed by atoms with Crippen molar-refractivity contribution in [2.24, 2.45) is 0 Å². The standard InChI is InChI=1S/C16H12BrNO/c1-10-7-13-12(14(17)8-10)9-15(18-16(13)19)11-5-3-2-4-6-11/h2-9H,1H3,(H,18,19). The van der Waals surface area contributed by atoms with Gasteiger partial charge in [0.15, 0.2) is 0 Å². The summed E-state index contributed by atoms with van der Waals surface area (Å²) in [7, 11) is 0. The van der Waals surface area contributed by atoms with Crippen LogP contribution in [0.2, 0.25) is 0 Å². The van der Waals surface area contributed by atoms with Crippen molar-refractivity contribution in [3.63, 3.8) is 0 Å². The number of halogens is 1. The molecule has 0 spiro atoms. The molecule has 3 aromatic rings. The molecule has 1 heterocycles. The zero-order valence-corrected chi connectivity index (χ0v) is 12.0. The van der Waals surface area contributed by atoms with Crippen LogP contribution < -0.4 is 5.56 Å². The lowest BCUT2D eigenvalue weighted by molar-refractivity contribution is 1.27. The maximum atomic E-state index is 12.2. The van der Waals surface area contributed by atoms with Crippen LogP contribution in [0.3, 0.4) is 0 Å². The average Bonchev–Trinajstić information content (AvgIpc) is 2.41. The molecule has 19 heavy (non-hydrogen) atoms. The van der Waals surface area contributed by atoms with Gasteiger partial charge < -0.3 is 4.98 Å². The molecule has 0 aliphatic carbocycles. The van der Waals surface area contributed by atoms with E-state index < -0.39 is 0 Å². The Morgan fingerprint density at radius 3 is 2.47 bits per heavy atom. The fraction of sp³-hybridized carbons (Fsp3) is 0.0625. The first-order chi connectivity index (χ1) is 9.15. The van der Waals surface area contributed by atoms with Gasteiger partial charge in [-0.25, -0.2) is 0 Å². The van der Waals surface area contributed by atoms with E-state index in [4.69, 9.17) is 0 Å². The summed E-state index contributed by atoms with van der Waals surface area (Å²) in [5.41, 5.74) is 2.86. The SMILES string of the molecule is Cc1cc(Br)c2cc(-c3ccccc3)[nH]c(=O)c2c1. The molecular formula is C16H12BrNO. The molecule has 0 amide bonds. The molecule has 3 rings (SSSR count). The van der Waals surface area contributed by atoms with E-state index in [9.17, 15) is 4.79 Å². The first-order valence-electron chi connectivity index (χ1n) is 6.04. The fourth-order valence-electron chi connectivity index (χ4n) is 2.23. The summed E-state index contributed by atoms with van der Waals surface area (Å²) in [5.74, 6) is 0. The quantitative estimate of drug-likeness (QED) is 0.715.